The van der Waals surface area contributed by atoms with E-state index in [0.717, 1.165) is 5.56 Å². The number of aliphatic hydroxyl groups excluding tert-OH is 2. The molecule has 0 aromatic heterocycles. The summed E-state index contributed by atoms with van der Waals surface area (Å²) in [5.74, 6) is 0. The van der Waals surface area contributed by atoms with Crippen LogP contribution in [0.25, 0.3) is 0 Å². The molecule has 2 saturated heterocycles. The molecule has 7 heteroatoms. The molecule has 107 valence electrons. The van der Waals surface area contributed by atoms with Gasteiger partial charge in [0.15, 0.2) is 12.6 Å². The molecule has 6 nitrogen and oxygen atoms in total. The van der Waals surface area contributed by atoms with E-state index >= 15 is 0 Å². The van der Waals surface area contributed by atoms with Gasteiger partial charge in [0.1, 0.15) is 18.3 Å². The second-order valence-electron chi connectivity index (χ2n) is 4.81. The first-order chi connectivity index (χ1) is 9.16. The third-order valence-electron chi connectivity index (χ3n) is 3.51. The van der Waals surface area contributed by atoms with Gasteiger partial charge in [-0.25, -0.2) is 0 Å². The van der Waals surface area contributed by atoms with Gasteiger partial charge >= 0.3 is 0 Å². The van der Waals surface area contributed by atoms with E-state index in [0.29, 0.717) is 0 Å². The van der Waals surface area contributed by atoms with Crippen LogP contribution in [0.2, 0.25) is 0 Å². The average Bonchev–Trinajstić information content (AvgIpc) is 2.46. The molecule has 3 rings (SSSR count). The third kappa shape index (κ3) is 3.13. The van der Waals surface area contributed by atoms with E-state index in [1.165, 1.54) is 0 Å². The molecule has 2 aliphatic rings. The fourth-order valence-electron chi connectivity index (χ4n) is 2.41. The maximum atomic E-state index is 10.1. The van der Waals surface area contributed by atoms with Crippen LogP contribution in [0.5, 0.6) is 0 Å². The topological polar surface area (TPSA) is 94.2 Å². The minimum absolute atomic E-state index is 0. The molecule has 6 atom stereocenters. The Morgan fingerprint density at radius 2 is 1.80 bits per heavy atom. The SMILES string of the molecule is N[C@@H]1[C@@H](O)[C@@H]2OC(c3ccccc3)OC[C@H]2O[C@H]1O.[Y]. The Bertz CT molecular complexity index is 432. The van der Waals surface area contributed by atoms with Crippen LogP contribution < -0.4 is 5.73 Å². The zero-order chi connectivity index (χ0) is 13.4. The monoisotopic (exact) mass is 356 g/mol. The van der Waals surface area contributed by atoms with Crippen molar-refractivity contribution in [3.63, 3.8) is 0 Å². The third-order valence-corrected chi connectivity index (χ3v) is 3.51. The minimum atomic E-state index is -1.20. The van der Waals surface area contributed by atoms with Gasteiger partial charge in [-0.05, 0) is 0 Å². The Hall–Kier alpha value is 0.0839. The van der Waals surface area contributed by atoms with E-state index in [9.17, 15) is 10.2 Å². The van der Waals surface area contributed by atoms with Crippen LogP contribution in [-0.4, -0.2) is 47.5 Å². The number of hydrogen-bond acceptors (Lipinski definition) is 6. The summed E-state index contributed by atoms with van der Waals surface area (Å²) in [5, 5.41) is 19.6. The Balaban J connectivity index is 0.00000147. The maximum Gasteiger partial charge on any atom is 0.184 e. The zero-order valence-corrected chi connectivity index (χ0v) is 13.7. The van der Waals surface area contributed by atoms with E-state index in [4.69, 9.17) is 19.9 Å². The summed E-state index contributed by atoms with van der Waals surface area (Å²) < 4.78 is 16.6. The summed E-state index contributed by atoms with van der Waals surface area (Å²) in [6, 6.07) is 8.57. The average molecular weight is 356 g/mol. The molecule has 2 aliphatic heterocycles. The summed E-state index contributed by atoms with van der Waals surface area (Å²) in [5.41, 5.74) is 6.54. The normalized spacial score (nSPS) is 40.5. The molecular weight excluding hydrogens is 339 g/mol. The van der Waals surface area contributed by atoms with E-state index in [2.05, 4.69) is 0 Å². The Morgan fingerprint density at radius 1 is 1.10 bits per heavy atom. The predicted octanol–water partition coefficient (Wildman–Crippen LogP) is -0.497. The van der Waals surface area contributed by atoms with E-state index in [-0.39, 0.29) is 39.3 Å². The molecule has 1 aromatic rings. The van der Waals surface area contributed by atoms with Crippen molar-refractivity contribution in [3.8, 4) is 0 Å². The van der Waals surface area contributed by atoms with Crippen molar-refractivity contribution in [2.45, 2.75) is 36.9 Å². The van der Waals surface area contributed by atoms with Crippen molar-refractivity contribution in [1.82, 2.24) is 0 Å². The maximum absolute atomic E-state index is 10.1. The van der Waals surface area contributed by atoms with Crippen LogP contribution in [0.1, 0.15) is 11.9 Å². The molecule has 2 heterocycles. The van der Waals surface area contributed by atoms with E-state index in [1.54, 1.807) is 0 Å². The van der Waals surface area contributed by atoms with Crippen LogP contribution in [0.4, 0.5) is 0 Å². The fourth-order valence-corrected chi connectivity index (χ4v) is 2.41. The van der Waals surface area contributed by atoms with Gasteiger partial charge in [-0.15, -0.1) is 0 Å². The number of ether oxygens (including phenoxy) is 3. The van der Waals surface area contributed by atoms with Crippen LogP contribution in [0.15, 0.2) is 30.3 Å². The molecule has 1 aromatic carbocycles. The largest absolute Gasteiger partial charge is 0.388 e. The smallest absolute Gasteiger partial charge is 0.184 e. The summed E-state index contributed by atoms with van der Waals surface area (Å²) in [7, 11) is 0. The first kappa shape index (κ1) is 16.5. The molecule has 1 unspecified atom stereocenters. The molecule has 1 radical (unpaired) electrons. The van der Waals surface area contributed by atoms with Crippen molar-refractivity contribution in [1.29, 1.82) is 0 Å². The first-order valence-corrected chi connectivity index (χ1v) is 6.26. The van der Waals surface area contributed by atoms with Crippen molar-refractivity contribution in [2.24, 2.45) is 5.73 Å². The van der Waals surface area contributed by atoms with Crippen LogP contribution in [0, 0.1) is 0 Å². The summed E-state index contributed by atoms with van der Waals surface area (Å²) in [4.78, 5) is 0. The number of hydrogen-bond donors (Lipinski definition) is 3. The summed E-state index contributed by atoms with van der Waals surface area (Å²) >= 11 is 0. The molecular formula is C13H17NO5Y. The molecule has 0 aliphatic carbocycles. The minimum Gasteiger partial charge on any atom is -0.388 e. The molecule has 0 spiro atoms. The van der Waals surface area contributed by atoms with Crippen LogP contribution in [-0.2, 0) is 46.9 Å². The number of aliphatic hydroxyl groups is 2. The number of benzene rings is 1. The van der Waals surface area contributed by atoms with Gasteiger partial charge in [-0.3, -0.25) is 0 Å². The molecule has 20 heavy (non-hydrogen) atoms. The summed E-state index contributed by atoms with van der Waals surface area (Å²) in [6.07, 6.45) is -3.84. The van der Waals surface area contributed by atoms with Crippen LogP contribution >= 0.6 is 0 Å². The Morgan fingerprint density at radius 3 is 2.50 bits per heavy atom. The number of nitrogens with two attached hydrogens (primary N) is 1. The number of fused-ring (bicyclic) bond motifs is 1. The van der Waals surface area contributed by atoms with E-state index < -0.39 is 36.9 Å². The molecule has 0 amide bonds. The van der Waals surface area contributed by atoms with Crippen molar-refractivity contribution >= 4 is 0 Å². The first-order valence-electron chi connectivity index (χ1n) is 6.26. The van der Waals surface area contributed by atoms with Crippen molar-refractivity contribution < 1.29 is 57.1 Å². The van der Waals surface area contributed by atoms with Crippen LogP contribution in [0.3, 0.4) is 0 Å². The van der Waals surface area contributed by atoms with Gasteiger partial charge in [0, 0.05) is 38.3 Å². The van der Waals surface area contributed by atoms with E-state index in [1.807, 2.05) is 30.3 Å². The Labute approximate surface area is 142 Å². The van der Waals surface area contributed by atoms with Crippen molar-refractivity contribution in [2.75, 3.05) is 6.61 Å². The summed E-state index contributed by atoms with van der Waals surface area (Å²) in [6.45, 7) is 0.241. The van der Waals surface area contributed by atoms with Gasteiger partial charge in [0.25, 0.3) is 0 Å². The second kappa shape index (κ2) is 6.90. The van der Waals surface area contributed by atoms with Gasteiger partial charge in [-0.2, -0.15) is 0 Å². The zero-order valence-electron chi connectivity index (χ0n) is 10.8. The van der Waals surface area contributed by atoms with Crippen molar-refractivity contribution in [3.05, 3.63) is 35.9 Å². The molecule has 0 bridgehead atoms. The fraction of sp³-hybridized carbons (Fsp3) is 0.538. The Kier molecular flexibility index (Phi) is 5.67. The standard InChI is InChI=1S/C13H17NO5.Y/c14-9-10(15)11-8(18-12(9)16)6-17-13(19-11)7-4-2-1-3-5-7;/h1-5,8-13,15-16H,6,14H2;/t8-,9-,10-,11-,12-,13?;/m1./s1. The van der Waals surface area contributed by atoms with Gasteiger partial charge in [-0.1, -0.05) is 30.3 Å². The molecule has 4 N–H and O–H groups in total. The number of rotatable bonds is 1. The van der Waals surface area contributed by atoms with Gasteiger partial charge < -0.3 is 30.2 Å². The molecule has 0 saturated carbocycles. The molecule has 2 fully saturated rings. The van der Waals surface area contributed by atoms with Gasteiger partial charge in [0.05, 0.1) is 12.6 Å². The van der Waals surface area contributed by atoms with Gasteiger partial charge in [0.2, 0.25) is 0 Å². The second-order valence-corrected chi connectivity index (χ2v) is 4.81. The predicted molar refractivity (Wildman–Crippen MR) is 64.9 cm³/mol. The quantitative estimate of drug-likeness (QED) is 0.629.